The highest BCUT2D eigenvalue weighted by Crippen LogP contribution is 2.26. The van der Waals surface area contributed by atoms with Crippen molar-refractivity contribution in [3.05, 3.63) is 54.4 Å². The summed E-state index contributed by atoms with van der Waals surface area (Å²) in [6.45, 7) is 9.50. The summed E-state index contributed by atoms with van der Waals surface area (Å²) < 4.78 is 8.31. The first-order chi connectivity index (χ1) is 18.5. The molecular formula is C30H43N5O2S. The second kappa shape index (κ2) is 15.2. The first-order valence-electron chi connectivity index (χ1n) is 13.6. The van der Waals surface area contributed by atoms with Crippen molar-refractivity contribution in [1.82, 2.24) is 14.3 Å². The molecule has 2 aliphatic rings. The van der Waals surface area contributed by atoms with Gasteiger partial charge in [0.25, 0.3) is 0 Å². The van der Waals surface area contributed by atoms with E-state index in [1.54, 1.807) is 0 Å². The SMILES string of the molecule is CC1CN(c2cccc(-c3ccc4cnc(CC=O)cc4c3)n2)CC(C)O1.CN.CSN1CCCC[C@@H]1C. The number of nitrogens with two attached hydrogens (primary N) is 1. The second-order valence-electron chi connectivity index (χ2n) is 9.82. The number of carbonyl (C=O) groups is 1. The summed E-state index contributed by atoms with van der Waals surface area (Å²) in [6, 6.07) is 15.2. The third-order valence-electron chi connectivity index (χ3n) is 6.82. The van der Waals surface area contributed by atoms with Crippen LogP contribution in [-0.2, 0) is 16.0 Å². The maximum Gasteiger partial charge on any atom is 0.129 e. The first kappa shape index (κ1) is 30.0. The Kier molecular flexibility index (Phi) is 12.0. The van der Waals surface area contributed by atoms with Crippen LogP contribution in [0.15, 0.2) is 48.7 Å². The number of aromatic nitrogens is 2. The molecule has 7 nitrogen and oxygen atoms in total. The van der Waals surface area contributed by atoms with E-state index in [1.165, 1.54) is 32.9 Å². The molecule has 3 atom stereocenters. The number of rotatable bonds is 5. The quantitative estimate of drug-likeness (QED) is 0.344. The maximum atomic E-state index is 10.8. The number of nitrogens with zero attached hydrogens (tertiary/aromatic N) is 4. The molecule has 8 heteroatoms. The molecule has 3 aromatic rings. The van der Waals surface area contributed by atoms with Crippen molar-refractivity contribution in [2.45, 2.75) is 64.7 Å². The molecule has 0 spiro atoms. The van der Waals surface area contributed by atoms with E-state index < -0.39 is 0 Å². The second-order valence-corrected chi connectivity index (χ2v) is 10.7. The van der Waals surface area contributed by atoms with Crippen LogP contribution in [0.4, 0.5) is 5.82 Å². The van der Waals surface area contributed by atoms with Gasteiger partial charge in [0.1, 0.15) is 12.1 Å². The Balaban J connectivity index is 0.000000307. The molecular weight excluding hydrogens is 494 g/mol. The number of carbonyl (C=O) groups excluding carboxylic acids is 1. The highest BCUT2D eigenvalue weighted by Gasteiger charge is 2.23. The molecule has 2 fully saturated rings. The molecule has 2 N–H and O–H groups in total. The van der Waals surface area contributed by atoms with E-state index in [-0.39, 0.29) is 12.2 Å². The van der Waals surface area contributed by atoms with Crippen LogP contribution in [0.2, 0.25) is 0 Å². The maximum absolute atomic E-state index is 10.8. The van der Waals surface area contributed by atoms with Gasteiger partial charge in [-0.15, -0.1) is 0 Å². The lowest BCUT2D eigenvalue weighted by molar-refractivity contribution is -0.107. The van der Waals surface area contributed by atoms with Crippen LogP contribution in [0.1, 0.15) is 45.7 Å². The van der Waals surface area contributed by atoms with E-state index >= 15 is 0 Å². The number of morpholine rings is 1. The van der Waals surface area contributed by atoms with Crippen molar-refractivity contribution in [1.29, 1.82) is 0 Å². The number of anilines is 1. The van der Waals surface area contributed by atoms with Gasteiger partial charge in [0.15, 0.2) is 0 Å². The van der Waals surface area contributed by atoms with Gasteiger partial charge in [0.2, 0.25) is 0 Å². The molecule has 0 amide bonds. The lowest BCUT2D eigenvalue weighted by Crippen LogP contribution is -2.45. The van der Waals surface area contributed by atoms with Crippen LogP contribution in [0.3, 0.4) is 0 Å². The average molecular weight is 538 g/mol. The van der Waals surface area contributed by atoms with Crippen LogP contribution in [0, 0.1) is 0 Å². The fraction of sp³-hybridized carbons (Fsp3) is 0.500. The molecule has 2 aromatic heterocycles. The predicted octanol–water partition coefficient (Wildman–Crippen LogP) is 5.37. The van der Waals surface area contributed by atoms with Gasteiger partial charge in [-0.1, -0.05) is 36.6 Å². The Labute approximate surface area is 232 Å². The van der Waals surface area contributed by atoms with Gasteiger partial charge in [-0.05, 0) is 76.6 Å². The lowest BCUT2D eigenvalue weighted by atomic mass is 10.0. The highest BCUT2D eigenvalue weighted by atomic mass is 32.2. The Morgan fingerprint density at radius 1 is 1.05 bits per heavy atom. The molecule has 2 saturated heterocycles. The summed E-state index contributed by atoms with van der Waals surface area (Å²) in [5.41, 5.74) is 7.28. The van der Waals surface area contributed by atoms with Crippen LogP contribution >= 0.6 is 11.9 Å². The van der Waals surface area contributed by atoms with Crippen LogP contribution in [-0.4, -0.2) is 71.7 Å². The van der Waals surface area contributed by atoms with Crippen molar-refractivity contribution in [2.24, 2.45) is 5.73 Å². The summed E-state index contributed by atoms with van der Waals surface area (Å²) >= 11 is 1.89. The third-order valence-corrected chi connectivity index (χ3v) is 7.83. The van der Waals surface area contributed by atoms with E-state index in [1.807, 2.05) is 30.3 Å². The summed E-state index contributed by atoms with van der Waals surface area (Å²) in [5, 5.41) is 2.13. The van der Waals surface area contributed by atoms with Gasteiger partial charge in [0.05, 0.1) is 17.9 Å². The normalized spacial score (nSPS) is 21.6. The fourth-order valence-electron chi connectivity index (χ4n) is 5.01. The molecule has 2 aliphatic heterocycles. The number of hydrogen-bond donors (Lipinski definition) is 1. The van der Waals surface area contributed by atoms with Gasteiger partial charge in [-0.25, -0.2) is 9.29 Å². The minimum absolute atomic E-state index is 0.198. The van der Waals surface area contributed by atoms with E-state index in [0.29, 0.717) is 6.42 Å². The van der Waals surface area contributed by atoms with Crippen LogP contribution < -0.4 is 10.6 Å². The molecule has 206 valence electrons. The van der Waals surface area contributed by atoms with Gasteiger partial charge in [0, 0.05) is 54.9 Å². The Morgan fingerprint density at radius 2 is 1.82 bits per heavy atom. The Bertz CT molecular complexity index is 1150. The molecule has 0 saturated carbocycles. The molecule has 0 aliphatic carbocycles. The summed E-state index contributed by atoms with van der Waals surface area (Å²) in [5.74, 6) is 0.978. The molecule has 2 unspecified atom stereocenters. The van der Waals surface area contributed by atoms with Crippen molar-refractivity contribution < 1.29 is 9.53 Å². The molecule has 0 bridgehead atoms. The molecule has 5 rings (SSSR count). The van der Waals surface area contributed by atoms with E-state index in [2.05, 4.69) is 77.3 Å². The highest BCUT2D eigenvalue weighted by molar-refractivity contribution is 7.96. The number of ether oxygens (including phenoxy) is 1. The van der Waals surface area contributed by atoms with Crippen molar-refractivity contribution >= 4 is 34.8 Å². The monoisotopic (exact) mass is 537 g/mol. The van der Waals surface area contributed by atoms with Gasteiger partial charge >= 0.3 is 0 Å². The standard InChI is InChI=1S/C22H23N3O2.C7H15NS.CH5N/c1-15-13-25(14-16(2)27-15)22-5-3-4-21(24-22)17-6-7-18-12-23-20(8-9-26)11-19(18)10-17;1-7-5-3-4-6-8(7)9-2;1-2/h3-7,9-12,15-16H,8,13-14H2,1-2H3;7H,3-6H2,1-2H3;2H2,1H3/t;7-;/m.0./s1. The van der Waals surface area contributed by atoms with E-state index in [4.69, 9.17) is 9.72 Å². The average Bonchev–Trinajstić information content (AvgIpc) is 2.94. The summed E-state index contributed by atoms with van der Waals surface area (Å²) in [6.07, 6.45) is 9.81. The number of pyridine rings is 2. The molecule has 38 heavy (non-hydrogen) atoms. The van der Waals surface area contributed by atoms with Crippen molar-refractivity contribution in [3.8, 4) is 11.3 Å². The molecule has 0 radical (unpaired) electrons. The van der Waals surface area contributed by atoms with Crippen molar-refractivity contribution in [2.75, 3.05) is 37.8 Å². The predicted molar refractivity (Wildman–Crippen MR) is 161 cm³/mol. The van der Waals surface area contributed by atoms with Gasteiger partial charge < -0.3 is 20.2 Å². The number of fused-ring (bicyclic) bond motifs is 1. The number of aldehydes is 1. The Morgan fingerprint density at radius 3 is 2.47 bits per heavy atom. The Hall–Kier alpha value is -2.52. The fourth-order valence-corrected chi connectivity index (χ4v) is 5.79. The van der Waals surface area contributed by atoms with Gasteiger partial charge in [-0.3, -0.25) is 4.98 Å². The smallest absolute Gasteiger partial charge is 0.129 e. The minimum atomic E-state index is 0.198. The zero-order chi connectivity index (χ0) is 27.5. The van der Waals surface area contributed by atoms with Crippen LogP contribution in [0.5, 0.6) is 0 Å². The minimum Gasteiger partial charge on any atom is -0.372 e. The summed E-state index contributed by atoms with van der Waals surface area (Å²) in [4.78, 5) is 22.3. The molecule has 1 aromatic carbocycles. The number of hydrogen-bond acceptors (Lipinski definition) is 8. The topological polar surface area (TPSA) is 84.6 Å². The third kappa shape index (κ3) is 8.24. The zero-order valence-electron chi connectivity index (χ0n) is 23.5. The number of piperidine rings is 1. The van der Waals surface area contributed by atoms with E-state index in [9.17, 15) is 4.79 Å². The summed E-state index contributed by atoms with van der Waals surface area (Å²) in [7, 11) is 1.50. The lowest BCUT2D eigenvalue weighted by Gasteiger charge is -2.36. The van der Waals surface area contributed by atoms with Crippen molar-refractivity contribution in [3.63, 3.8) is 0 Å². The largest absolute Gasteiger partial charge is 0.372 e. The van der Waals surface area contributed by atoms with E-state index in [0.717, 1.165) is 59.0 Å². The van der Waals surface area contributed by atoms with Gasteiger partial charge in [-0.2, -0.15) is 0 Å². The zero-order valence-corrected chi connectivity index (χ0v) is 24.3. The first-order valence-corrected chi connectivity index (χ1v) is 14.7. The number of benzene rings is 1. The van der Waals surface area contributed by atoms with Crippen LogP contribution in [0.25, 0.3) is 22.0 Å². The molecule has 4 heterocycles.